The van der Waals surface area contributed by atoms with E-state index in [2.05, 4.69) is 5.32 Å². The van der Waals surface area contributed by atoms with Crippen molar-refractivity contribution in [1.29, 1.82) is 0 Å². The maximum absolute atomic E-state index is 11.3. The first-order valence-corrected chi connectivity index (χ1v) is 6.14. The first-order chi connectivity index (χ1) is 8.11. The fraction of sp³-hybridized carbons (Fsp3) is 0.500. The highest BCUT2D eigenvalue weighted by atomic mass is 16.5. The van der Waals surface area contributed by atoms with Crippen LogP contribution in [-0.2, 0) is 11.3 Å². The number of amides is 1. The Kier molecular flexibility index (Phi) is 5.53. The van der Waals surface area contributed by atoms with Gasteiger partial charge in [0.1, 0.15) is 5.75 Å². The molecule has 0 unspecified atom stereocenters. The lowest BCUT2D eigenvalue weighted by Gasteiger charge is -2.10. The number of ether oxygens (including phenoxy) is 1. The molecule has 0 spiro atoms. The molecule has 0 aromatic heterocycles. The number of benzene rings is 1. The summed E-state index contributed by atoms with van der Waals surface area (Å²) in [5.41, 5.74) is 1.09. The van der Waals surface area contributed by atoms with Crippen molar-refractivity contribution in [1.82, 2.24) is 5.32 Å². The molecule has 0 aliphatic carbocycles. The molecule has 0 heterocycles. The number of hydrogen-bond acceptors (Lipinski definition) is 2. The molecule has 1 aromatic carbocycles. The quantitative estimate of drug-likeness (QED) is 0.823. The van der Waals surface area contributed by atoms with Crippen molar-refractivity contribution < 1.29 is 9.53 Å². The van der Waals surface area contributed by atoms with Gasteiger partial charge in [-0.25, -0.2) is 0 Å². The second-order valence-corrected chi connectivity index (χ2v) is 4.34. The molecule has 17 heavy (non-hydrogen) atoms. The van der Waals surface area contributed by atoms with E-state index in [-0.39, 0.29) is 12.0 Å². The molecule has 0 aliphatic heterocycles. The largest absolute Gasteiger partial charge is 0.491 e. The predicted octanol–water partition coefficient (Wildman–Crippen LogP) is 2.89. The lowest BCUT2D eigenvalue weighted by atomic mass is 10.2. The van der Waals surface area contributed by atoms with Crippen LogP contribution in [0.25, 0.3) is 0 Å². The molecule has 0 saturated carbocycles. The van der Waals surface area contributed by atoms with Gasteiger partial charge in [-0.1, -0.05) is 19.1 Å². The molecular weight excluding hydrogens is 214 g/mol. The van der Waals surface area contributed by atoms with Crippen LogP contribution in [0.3, 0.4) is 0 Å². The number of carbonyl (C=O) groups excluding carboxylic acids is 1. The van der Waals surface area contributed by atoms with Crippen molar-refractivity contribution in [3.8, 4) is 5.75 Å². The van der Waals surface area contributed by atoms with E-state index in [9.17, 15) is 4.79 Å². The van der Waals surface area contributed by atoms with Crippen LogP contribution < -0.4 is 10.1 Å². The average molecular weight is 235 g/mol. The van der Waals surface area contributed by atoms with Gasteiger partial charge in [-0.2, -0.15) is 0 Å². The molecule has 3 heteroatoms. The Labute approximate surface area is 103 Å². The molecule has 1 rings (SSSR count). The molecule has 1 amide bonds. The van der Waals surface area contributed by atoms with E-state index in [1.165, 1.54) is 0 Å². The van der Waals surface area contributed by atoms with Crippen LogP contribution in [0.1, 0.15) is 39.2 Å². The van der Waals surface area contributed by atoms with Gasteiger partial charge in [-0.05, 0) is 38.0 Å². The maximum Gasteiger partial charge on any atom is 0.220 e. The summed E-state index contributed by atoms with van der Waals surface area (Å²) in [7, 11) is 0. The normalized spacial score (nSPS) is 10.4. The molecule has 0 saturated heterocycles. The minimum absolute atomic E-state index is 0.106. The lowest BCUT2D eigenvalue weighted by molar-refractivity contribution is -0.121. The Morgan fingerprint density at radius 3 is 2.47 bits per heavy atom. The van der Waals surface area contributed by atoms with Crippen molar-refractivity contribution in [2.24, 2.45) is 0 Å². The number of nitrogens with one attached hydrogen (secondary N) is 1. The zero-order valence-electron chi connectivity index (χ0n) is 10.8. The van der Waals surface area contributed by atoms with E-state index in [0.717, 1.165) is 17.7 Å². The summed E-state index contributed by atoms with van der Waals surface area (Å²) in [5, 5.41) is 2.88. The minimum Gasteiger partial charge on any atom is -0.491 e. The molecule has 0 aliphatic rings. The van der Waals surface area contributed by atoms with Crippen molar-refractivity contribution in [2.75, 3.05) is 0 Å². The SMILES string of the molecule is CCCC(=O)NCc1ccc(OC(C)C)cc1. The molecule has 0 radical (unpaired) electrons. The summed E-state index contributed by atoms with van der Waals surface area (Å²) >= 11 is 0. The van der Waals surface area contributed by atoms with Crippen LogP contribution in [0.5, 0.6) is 5.75 Å². The van der Waals surface area contributed by atoms with Crippen molar-refractivity contribution >= 4 is 5.91 Å². The smallest absolute Gasteiger partial charge is 0.220 e. The number of carbonyl (C=O) groups is 1. The molecule has 0 atom stereocenters. The molecule has 0 bridgehead atoms. The second kappa shape index (κ2) is 6.94. The minimum atomic E-state index is 0.106. The van der Waals surface area contributed by atoms with Crippen LogP contribution in [0.4, 0.5) is 0 Å². The van der Waals surface area contributed by atoms with E-state index in [1.54, 1.807) is 0 Å². The van der Waals surface area contributed by atoms with Gasteiger partial charge in [0, 0.05) is 13.0 Å². The zero-order valence-corrected chi connectivity index (χ0v) is 10.8. The van der Waals surface area contributed by atoms with Gasteiger partial charge < -0.3 is 10.1 Å². The molecule has 94 valence electrons. The van der Waals surface area contributed by atoms with Gasteiger partial charge in [0.05, 0.1) is 6.10 Å². The average Bonchev–Trinajstić information content (AvgIpc) is 2.28. The highest BCUT2D eigenvalue weighted by Crippen LogP contribution is 2.13. The fourth-order valence-corrected chi connectivity index (χ4v) is 1.47. The summed E-state index contributed by atoms with van der Waals surface area (Å²) in [4.78, 5) is 11.3. The van der Waals surface area contributed by atoms with E-state index >= 15 is 0 Å². The topological polar surface area (TPSA) is 38.3 Å². The Morgan fingerprint density at radius 1 is 1.29 bits per heavy atom. The monoisotopic (exact) mass is 235 g/mol. The molecule has 1 N–H and O–H groups in total. The van der Waals surface area contributed by atoms with E-state index in [0.29, 0.717) is 13.0 Å². The lowest BCUT2D eigenvalue weighted by Crippen LogP contribution is -2.21. The highest BCUT2D eigenvalue weighted by molar-refractivity contribution is 5.75. The maximum atomic E-state index is 11.3. The summed E-state index contributed by atoms with van der Waals surface area (Å²) in [6.45, 7) is 6.58. The molecular formula is C14H21NO2. The molecule has 1 aromatic rings. The summed E-state index contributed by atoms with van der Waals surface area (Å²) in [6.07, 6.45) is 1.66. The van der Waals surface area contributed by atoms with Gasteiger partial charge in [-0.15, -0.1) is 0 Å². The van der Waals surface area contributed by atoms with Crippen molar-refractivity contribution in [3.05, 3.63) is 29.8 Å². The van der Waals surface area contributed by atoms with E-state index in [4.69, 9.17) is 4.74 Å². The van der Waals surface area contributed by atoms with Gasteiger partial charge in [0.2, 0.25) is 5.91 Å². The Hall–Kier alpha value is -1.51. The predicted molar refractivity (Wildman–Crippen MR) is 69.0 cm³/mol. The third-order valence-electron chi connectivity index (χ3n) is 2.26. The van der Waals surface area contributed by atoms with Crippen molar-refractivity contribution in [2.45, 2.75) is 46.3 Å². The number of hydrogen-bond donors (Lipinski definition) is 1. The Bertz CT molecular complexity index is 344. The first kappa shape index (κ1) is 13.6. The van der Waals surface area contributed by atoms with E-state index < -0.39 is 0 Å². The van der Waals surface area contributed by atoms with Crippen LogP contribution >= 0.6 is 0 Å². The Morgan fingerprint density at radius 2 is 1.94 bits per heavy atom. The van der Waals surface area contributed by atoms with E-state index in [1.807, 2.05) is 45.0 Å². The van der Waals surface area contributed by atoms with Crippen LogP contribution in [0.2, 0.25) is 0 Å². The third kappa shape index (κ3) is 5.38. The highest BCUT2D eigenvalue weighted by Gasteiger charge is 2.00. The molecule has 3 nitrogen and oxygen atoms in total. The summed E-state index contributed by atoms with van der Waals surface area (Å²) in [6, 6.07) is 7.82. The number of rotatable bonds is 6. The van der Waals surface area contributed by atoms with Crippen LogP contribution in [-0.4, -0.2) is 12.0 Å². The van der Waals surface area contributed by atoms with Crippen LogP contribution in [0, 0.1) is 0 Å². The second-order valence-electron chi connectivity index (χ2n) is 4.34. The first-order valence-electron chi connectivity index (χ1n) is 6.14. The van der Waals surface area contributed by atoms with Gasteiger partial charge in [-0.3, -0.25) is 4.79 Å². The van der Waals surface area contributed by atoms with Gasteiger partial charge in [0.25, 0.3) is 0 Å². The van der Waals surface area contributed by atoms with Crippen LogP contribution in [0.15, 0.2) is 24.3 Å². The fourth-order valence-electron chi connectivity index (χ4n) is 1.47. The van der Waals surface area contributed by atoms with Gasteiger partial charge >= 0.3 is 0 Å². The summed E-state index contributed by atoms with van der Waals surface area (Å²) < 4.78 is 5.55. The Balaban J connectivity index is 2.42. The standard InChI is InChI=1S/C14H21NO2/c1-4-5-14(16)15-10-12-6-8-13(9-7-12)17-11(2)3/h6-9,11H,4-5,10H2,1-3H3,(H,15,16). The summed E-state index contributed by atoms with van der Waals surface area (Å²) in [5.74, 6) is 0.971. The van der Waals surface area contributed by atoms with Crippen molar-refractivity contribution in [3.63, 3.8) is 0 Å². The zero-order chi connectivity index (χ0) is 12.7. The molecule has 0 fully saturated rings. The van der Waals surface area contributed by atoms with Gasteiger partial charge in [0.15, 0.2) is 0 Å². The third-order valence-corrected chi connectivity index (χ3v) is 2.26.